The van der Waals surface area contributed by atoms with Gasteiger partial charge in [0, 0.05) is 29.0 Å². The summed E-state index contributed by atoms with van der Waals surface area (Å²) in [5.41, 5.74) is 3.21. The van der Waals surface area contributed by atoms with Gasteiger partial charge in [0.2, 0.25) is 6.79 Å². The van der Waals surface area contributed by atoms with Crippen LogP contribution in [0.2, 0.25) is 0 Å². The Morgan fingerprint density at radius 3 is 2.69 bits per heavy atom. The molecule has 2 atom stereocenters. The molecule has 0 saturated carbocycles. The van der Waals surface area contributed by atoms with Crippen molar-refractivity contribution in [2.45, 2.75) is 31.6 Å². The van der Waals surface area contributed by atoms with E-state index in [-0.39, 0.29) is 36.1 Å². The number of benzene rings is 2. The Hall–Kier alpha value is -3.61. The molecule has 3 aliphatic rings. The number of hydrogen-bond donors (Lipinski definition) is 1. The lowest BCUT2D eigenvalue weighted by Gasteiger charge is -2.36. The summed E-state index contributed by atoms with van der Waals surface area (Å²) >= 11 is 0. The smallest absolute Gasteiger partial charge is 0.336 e. The molecule has 0 fully saturated rings. The maximum atomic E-state index is 14.8. The number of hydrogen-bond acceptors (Lipinski definition) is 6. The van der Waals surface area contributed by atoms with Gasteiger partial charge in [-0.25, -0.2) is 9.18 Å². The van der Waals surface area contributed by atoms with Crippen LogP contribution < -0.4 is 14.8 Å². The molecule has 5 rings (SSSR count). The van der Waals surface area contributed by atoms with Crippen LogP contribution in [-0.4, -0.2) is 25.7 Å². The zero-order valence-corrected chi connectivity index (χ0v) is 17.7. The number of nitrogens with one attached hydrogen (secondary N) is 1. The lowest BCUT2D eigenvalue weighted by atomic mass is 9.71. The number of halogens is 1. The van der Waals surface area contributed by atoms with Crippen LogP contribution in [0.1, 0.15) is 42.7 Å². The molecular weight excluding hydrogens is 413 g/mol. The lowest BCUT2D eigenvalue weighted by molar-refractivity contribution is -0.136. The van der Waals surface area contributed by atoms with E-state index in [4.69, 9.17) is 14.2 Å². The predicted molar refractivity (Wildman–Crippen MR) is 114 cm³/mol. The quantitative estimate of drug-likeness (QED) is 0.733. The predicted octanol–water partition coefficient (Wildman–Crippen LogP) is 4.09. The van der Waals surface area contributed by atoms with Crippen LogP contribution in [0.3, 0.4) is 0 Å². The molecule has 32 heavy (non-hydrogen) atoms. The van der Waals surface area contributed by atoms with E-state index >= 15 is 0 Å². The summed E-state index contributed by atoms with van der Waals surface area (Å²) in [6.07, 6.45) is 0.802. The molecule has 0 amide bonds. The van der Waals surface area contributed by atoms with Crippen LogP contribution >= 0.6 is 0 Å². The molecule has 2 unspecified atom stereocenters. The van der Waals surface area contributed by atoms with E-state index in [1.165, 1.54) is 13.2 Å². The highest BCUT2D eigenvalue weighted by atomic mass is 19.1. The number of allylic oxidation sites excluding steroid dienone is 3. The standard InChI is InChI=1S/C25H22FNO5/c1-13-22(25(29)30-2)23(16-5-3-4-6-17(16)26)24-18(27-13)9-15(10-19(24)28)14-7-8-20-21(11-14)32-12-31-20/h3-8,11,15,23,27H,9-10,12H2,1-2H3. The van der Waals surface area contributed by atoms with Gasteiger partial charge in [-0.15, -0.1) is 0 Å². The maximum absolute atomic E-state index is 14.8. The molecule has 0 saturated heterocycles. The van der Waals surface area contributed by atoms with Crippen molar-refractivity contribution in [3.8, 4) is 11.5 Å². The second kappa shape index (κ2) is 7.82. The Balaban J connectivity index is 1.58. The van der Waals surface area contributed by atoms with Crippen molar-refractivity contribution in [3.05, 3.63) is 81.9 Å². The lowest BCUT2D eigenvalue weighted by Crippen LogP contribution is -2.36. The van der Waals surface area contributed by atoms with Crippen molar-refractivity contribution >= 4 is 11.8 Å². The molecule has 1 N–H and O–H groups in total. The molecule has 1 aliphatic carbocycles. The minimum Gasteiger partial charge on any atom is -0.466 e. The van der Waals surface area contributed by atoms with Crippen LogP contribution in [0.25, 0.3) is 0 Å². The molecule has 7 heteroatoms. The van der Waals surface area contributed by atoms with E-state index < -0.39 is 17.7 Å². The fourth-order valence-electron chi connectivity index (χ4n) is 4.84. The molecule has 0 spiro atoms. The summed E-state index contributed by atoms with van der Waals surface area (Å²) in [5.74, 6) is -0.704. The highest BCUT2D eigenvalue weighted by Crippen LogP contribution is 2.47. The summed E-state index contributed by atoms with van der Waals surface area (Å²) in [6, 6.07) is 11.9. The molecule has 0 aromatic heterocycles. The van der Waals surface area contributed by atoms with Crippen LogP contribution in [0, 0.1) is 5.82 Å². The summed E-state index contributed by atoms with van der Waals surface area (Å²) in [5, 5.41) is 3.24. The molecule has 6 nitrogen and oxygen atoms in total. The van der Waals surface area contributed by atoms with E-state index in [9.17, 15) is 14.0 Å². The Labute approximate surface area is 184 Å². The molecule has 0 radical (unpaired) electrons. The molecule has 2 aromatic carbocycles. The number of ether oxygens (including phenoxy) is 3. The monoisotopic (exact) mass is 435 g/mol. The molecule has 164 valence electrons. The van der Waals surface area contributed by atoms with Crippen molar-refractivity contribution in [3.63, 3.8) is 0 Å². The second-order valence-electron chi connectivity index (χ2n) is 8.14. The van der Waals surface area contributed by atoms with Crippen LogP contribution in [0.4, 0.5) is 4.39 Å². The number of rotatable bonds is 3. The summed E-state index contributed by atoms with van der Waals surface area (Å²) in [4.78, 5) is 26.1. The first-order valence-electron chi connectivity index (χ1n) is 10.4. The number of fused-ring (bicyclic) bond motifs is 1. The minimum atomic E-state index is -0.815. The van der Waals surface area contributed by atoms with E-state index in [1.54, 1.807) is 25.1 Å². The van der Waals surface area contributed by atoms with E-state index in [1.807, 2.05) is 18.2 Å². The Kier molecular flexibility index (Phi) is 4.96. The third kappa shape index (κ3) is 3.25. The van der Waals surface area contributed by atoms with Crippen molar-refractivity contribution < 1.29 is 28.2 Å². The Morgan fingerprint density at radius 2 is 1.91 bits per heavy atom. The topological polar surface area (TPSA) is 73.9 Å². The minimum absolute atomic E-state index is 0.0722. The highest BCUT2D eigenvalue weighted by Gasteiger charge is 2.42. The third-order valence-electron chi connectivity index (χ3n) is 6.32. The Morgan fingerprint density at radius 1 is 1.12 bits per heavy atom. The molecule has 2 heterocycles. The molecule has 0 bridgehead atoms. The number of ketones is 1. The van der Waals surface area contributed by atoms with Crippen molar-refractivity contribution in [2.75, 3.05) is 13.9 Å². The van der Waals surface area contributed by atoms with Crippen LogP contribution in [0.5, 0.6) is 11.5 Å². The second-order valence-corrected chi connectivity index (χ2v) is 8.14. The number of esters is 1. The van der Waals surface area contributed by atoms with Gasteiger partial charge in [-0.05, 0) is 43.0 Å². The fraction of sp³-hybridized carbons (Fsp3) is 0.280. The van der Waals surface area contributed by atoms with E-state index in [0.29, 0.717) is 34.9 Å². The summed E-state index contributed by atoms with van der Waals surface area (Å²) < 4.78 is 30.7. The van der Waals surface area contributed by atoms with Crippen LogP contribution in [-0.2, 0) is 14.3 Å². The first-order valence-corrected chi connectivity index (χ1v) is 10.4. The van der Waals surface area contributed by atoms with Gasteiger partial charge in [-0.2, -0.15) is 0 Å². The zero-order valence-electron chi connectivity index (χ0n) is 17.7. The van der Waals surface area contributed by atoms with Crippen molar-refractivity contribution in [1.29, 1.82) is 0 Å². The first kappa shape index (κ1) is 20.3. The van der Waals surface area contributed by atoms with Gasteiger partial charge in [0.1, 0.15) is 5.82 Å². The highest BCUT2D eigenvalue weighted by molar-refractivity contribution is 6.04. The van der Waals surface area contributed by atoms with E-state index in [2.05, 4.69) is 5.32 Å². The third-order valence-corrected chi connectivity index (χ3v) is 6.32. The summed E-state index contributed by atoms with van der Waals surface area (Å²) in [6.45, 7) is 1.93. The largest absolute Gasteiger partial charge is 0.466 e. The van der Waals surface area contributed by atoms with Gasteiger partial charge in [-0.3, -0.25) is 4.79 Å². The van der Waals surface area contributed by atoms with Crippen molar-refractivity contribution in [1.82, 2.24) is 5.32 Å². The first-order chi connectivity index (χ1) is 15.5. The van der Waals surface area contributed by atoms with Gasteiger partial charge in [0.05, 0.1) is 18.6 Å². The molecular formula is C25H22FNO5. The maximum Gasteiger partial charge on any atom is 0.336 e. The van der Waals surface area contributed by atoms with Gasteiger partial charge in [0.25, 0.3) is 0 Å². The average Bonchev–Trinajstić information content (AvgIpc) is 3.26. The van der Waals surface area contributed by atoms with Crippen LogP contribution in [0.15, 0.2) is 65.0 Å². The van der Waals surface area contributed by atoms with E-state index in [0.717, 1.165) is 5.56 Å². The van der Waals surface area contributed by atoms with Gasteiger partial charge < -0.3 is 19.5 Å². The summed E-state index contributed by atoms with van der Waals surface area (Å²) in [7, 11) is 1.28. The average molecular weight is 435 g/mol. The Bertz CT molecular complexity index is 1200. The van der Waals surface area contributed by atoms with Gasteiger partial charge in [-0.1, -0.05) is 24.3 Å². The molecule has 2 aromatic rings. The van der Waals surface area contributed by atoms with Crippen molar-refractivity contribution in [2.24, 2.45) is 0 Å². The number of methoxy groups -OCH3 is 1. The number of carbonyl (C=O) groups excluding carboxylic acids is 2. The zero-order chi connectivity index (χ0) is 22.4. The SMILES string of the molecule is COC(=O)C1=C(C)NC2=C(C(=O)CC(c3ccc4c(c3)OCO4)C2)C1c1ccccc1F. The number of carbonyl (C=O) groups is 2. The number of dihydropyridines is 1. The fourth-order valence-corrected chi connectivity index (χ4v) is 4.84. The normalized spacial score (nSPS) is 21.9. The van der Waals surface area contributed by atoms with Gasteiger partial charge >= 0.3 is 5.97 Å². The number of Topliss-reactive ketones (excluding diaryl/α,β-unsaturated/α-hetero) is 1. The molecule has 2 aliphatic heterocycles. The van der Waals surface area contributed by atoms with Gasteiger partial charge in [0.15, 0.2) is 17.3 Å².